The smallest absolute Gasteiger partial charge is 0.145 e. The predicted molar refractivity (Wildman–Crippen MR) is 229 cm³/mol. The number of fused-ring (bicyclic) bond motifs is 11. The zero-order valence-corrected chi connectivity index (χ0v) is 29.6. The Labute approximate surface area is 315 Å². The number of aromatic nitrogens is 3. The summed E-state index contributed by atoms with van der Waals surface area (Å²) in [7, 11) is 0. The highest BCUT2D eigenvalue weighted by atomic mass is 16.3. The Bertz CT molecular complexity index is 3480. The van der Waals surface area contributed by atoms with E-state index >= 15 is 0 Å². The lowest BCUT2D eigenvalue weighted by atomic mass is 9.98. The lowest BCUT2D eigenvalue weighted by Gasteiger charge is -2.13. The Hall–Kier alpha value is -7.43. The van der Waals surface area contributed by atoms with Crippen LogP contribution in [-0.4, -0.2) is 14.1 Å². The second kappa shape index (κ2) is 11.5. The van der Waals surface area contributed by atoms with Crippen LogP contribution in [0.5, 0.6) is 0 Å². The number of para-hydroxylation sites is 4. The third kappa shape index (κ3) is 4.43. The summed E-state index contributed by atoms with van der Waals surface area (Å²) in [6.07, 6.45) is 0. The maximum absolute atomic E-state index is 6.76. The number of furan rings is 1. The van der Waals surface area contributed by atoms with Crippen molar-refractivity contribution in [3.05, 3.63) is 188 Å². The first-order valence-electron chi connectivity index (χ1n) is 18.7. The summed E-state index contributed by atoms with van der Waals surface area (Å²) >= 11 is 0. The van der Waals surface area contributed by atoms with Crippen molar-refractivity contribution in [3.8, 4) is 33.8 Å². The van der Waals surface area contributed by atoms with Gasteiger partial charge in [-0.3, -0.25) is 0 Å². The summed E-state index contributed by atoms with van der Waals surface area (Å²) < 4.78 is 11.6. The van der Waals surface area contributed by atoms with Gasteiger partial charge in [0.1, 0.15) is 11.2 Å². The molecule has 4 heterocycles. The van der Waals surface area contributed by atoms with E-state index in [1.165, 1.54) is 27.4 Å². The normalized spacial score (nSPS) is 12.0. The van der Waals surface area contributed by atoms with Crippen molar-refractivity contribution in [3.63, 3.8) is 0 Å². The molecule has 4 aromatic heterocycles. The molecule has 0 aliphatic rings. The lowest BCUT2D eigenvalue weighted by Crippen LogP contribution is -1.97. The van der Waals surface area contributed by atoms with E-state index in [4.69, 9.17) is 9.40 Å². The summed E-state index contributed by atoms with van der Waals surface area (Å²) in [5.41, 5.74) is 13.9. The minimum absolute atomic E-state index is 0.895. The average Bonchev–Trinajstić information content (AvgIpc) is 3.90. The molecule has 12 rings (SSSR count). The SMILES string of the molecule is c1ccc(-c2cc(-c3cccc(-n4c5cc6c(cc5c5c7oc8ccccc8c7ccc54)c4ccccc4n6-c4ccccc4)c3)nc3ccccc23)cc1. The molecule has 256 valence electrons. The number of hydrogen-bond donors (Lipinski definition) is 0. The van der Waals surface area contributed by atoms with Gasteiger partial charge in [0.2, 0.25) is 0 Å². The van der Waals surface area contributed by atoms with E-state index in [2.05, 4.69) is 191 Å². The molecule has 0 bridgehead atoms. The number of rotatable bonds is 4. The minimum Gasteiger partial charge on any atom is -0.455 e. The summed E-state index contributed by atoms with van der Waals surface area (Å²) in [5, 5.41) is 8.09. The summed E-state index contributed by atoms with van der Waals surface area (Å²) in [6, 6.07) is 67.1. The van der Waals surface area contributed by atoms with E-state index in [0.29, 0.717) is 0 Å². The van der Waals surface area contributed by atoms with Crippen LogP contribution in [0.1, 0.15) is 0 Å². The van der Waals surface area contributed by atoms with E-state index in [-0.39, 0.29) is 0 Å². The summed E-state index contributed by atoms with van der Waals surface area (Å²) in [4.78, 5) is 5.23. The van der Waals surface area contributed by atoms with Crippen molar-refractivity contribution in [2.45, 2.75) is 0 Å². The van der Waals surface area contributed by atoms with Gasteiger partial charge >= 0.3 is 0 Å². The maximum atomic E-state index is 6.76. The highest BCUT2D eigenvalue weighted by Gasteiger charge is 2.22. The molecule has 0 saturated carbocycles. The first-order chi connectivity index (χ1) is 27.3. The lowest BCUT2D eigenvalue weighted by molar-refractivity contribution is 0.673. The molecule has 0 fully saturated rings. The molecule has 0 unspecified atom stereocenters. The van der Waals surface area contributed by atoms with E-state index < -0.39 is 0 Å². The molecular formula is C51H31N3O. The molecule has 4 heteroatoms. The van der Waals surface area contributed by atoms with Crippen molar-refractivity contribution in [2.75, 3.05) is 0 Å². The Morgan fingerprint density at radius 2 is 1.05 bits per heavy atom. The first kappa shape index (κ1) is 30.1. The van der Waals surface area contributed by atoms with Crippen LogP contribution in [0.25, 0.3) is 110 Å². The molecule has 55 heavy (non-hydrogen) atoms. The molecule has 12 aromatic rings. The molecule has 0 aliphatic carbocycles. The Morgan fingerprint density at radius 1 is 0.382 bits per heavy atom. The standard InChI is InChI=1S/C51H31N3O/c1-3-14-32(15-4-1)40-30-44(52-43-23-10-7-20-36(40)43)33-16-13-19-35(28-33)54-46-27-26-39-38-22-9-12-25-49(38)55-51(39)50(46)42-29-41-37-21-8-11-24-45(37)53(47(41)31-48(42)54)34-17-5-2-6-18-34/h1-31H. The third-order valence-corrected chi connectivity index (χ3v) is 11.3. The topological polar surface area (TPSA) is 35.9 Å². The second-order valence-electron chi connectivity index (χ2n) is 14.3. The van der Waals surface area contributed by atoms with Crippen molar-refractivity contribution < 1.29 is 4.42 Å². The van der Waals surface area contributed by atoms with Crippen LogP contribution in [-0.2, 0) is 0 Å². The molecular weight excluding hydrogens is 671 g/mol. The van der Waals surface area contributed by atoms with Crippen LogP contribution in [0.2, 0.25) is 0 Å². The van der Waals surface area contributed by atoms with Crippen LogP contribution in [0.15, 0.2) is 192 Å². The third-order valence-electron chi connectivity index (χ3n) is 11.3. The number of benzene rings is 8. The van der Waals surface area contributed by atoms with Gasteiger partial charge < -0.3 is 13.6 Å². The maximum Gasteiger partial charge on any atom is 0.145 e. The van der Waals surface area contributed by atoms with Gasteiger partial charge in [-0.25, -0.2) is 4.98 Å². The van der Waals surface area contributed by atoms with E-state index in [1.807, 2.05) is 6.07 Å². The van der Waals surface area contributed by atoms with E-state index in [1.54, 1.807) is 0 Å². The quantitative estimate of drug-likeness (QED) is 0.183. The molecule has 0 spiro atoms. The Morgan fingerprint density at radius 3 is 1.93 bits per heavy atom. The second-order valence-corrected chi connectivity index (χ2v) is 14.3. The van der Waals surface area contributed by atoms with Gasteiger partial charge in [0.15, 0.2) is 0 Å². The highest BCUT2D eigenvalue weighted by molar-refractivity contribution is 6.27. The first-order valence-corrected chi connectivity index (χ1v) is 18.7. The van der Waals surface area contributed by atoms with Crippen LogP contribution >= 0.6 is 0 Å². The van der Waals surface area contributed by atoms with Gasteiger partial charge in [0.25, 0.3) is 0 Å². The molecule has 0 amide bonds. The number of pyridine rings is 1. The number of hydrogen-bond acceptors (Lipinski definition) is 2. The van der Waals surface area contributed by atoms with Crippen LogP contribution in [0.4, 0.5) is 0 Å². The van der Waals surface area contributed by atoms with Crippen LogP contribution in [0, 0.1) is 0 Å². The van der Waals surface area contributed by atoms with Gasteiger partial charge in [-0.2, -0.15) is 0 Å². The summed E-state index contributed by atoms with van der Waals surface area (Å²) in [5.74, 6) is 0. The minimum atomic E-state index is 0.895. The van der Waals surface area contributed by atoms with Gasteiger partial charge in [-0.15, -0.1) is 0 Å². The van der Waals surface area contributed by atoms with Crippen molar-refractivity contribution in [1.82, 2.24) is 14.1 Å². The fourth-order valence-corrected chi connectivity index (χ4v) is 8.86. The van der Waals surface area contributed by atoms with Crippen molar-refractivity contribution in [2.24, 2.45) is 0 Å². The van der Waals surface area contributed by atoms with Crippen LogP contribution in [0.3, 0.4) is 0 Å². The average molecular weight is 702 g/mol. The van der Waals surface area contributed by atoms with Crippen LogP contribution < -0.4 is 0 Å². The van der Waals surface area contributed by atoms with Crippen molar-refractivity contribution in [1.29, 1.82) is 0 Å². The monoisotopic (exact) mass is 701 g/mol. The Balaban J connectivity index is 1.18. The van der Waals surface area contributed by atoms with Gasteiger partial charge in [-0.05, 0) is 83.9 Å². The molecule has 0 N–H and O–H groups in total. The zero-order valence-electron chi connectivity index (χ0n) is 29.6. The predicted octanol–water partition coefficient (Wildman–Crippen LogP) is 13.7. The molecule has 4 nitrogen and oxygen atoms in total. The molecule has 0 aliphatic heterocycles. The molecule has 0 radical (unpaired) electrons. The van der Waals surface area contributed by atoms with Gasteiger partial charge in [0.05, 0.1) is 38.7 Å². The zero-order chi connectivity index (χ0) is 36.0. The fourth-order valence-electron chi connectivity index (χ4n) is 8.86. The number of nitrogens with zero attached hydrogens (tertiary/aromatic N) is 3. The van der Waals surface area contributed by atoms with E-state index in [0.717, 1.165) is 82.8 Å². The molecule has 8 aromatic carbocycles. The molecule has 0 atom stereocenters. The molecule has 0 saturated heterocycles. The van der Waals surface area contributed by atoms with E-state index in [9.17, 15) is 0 Å². The van der Waals surface area contributed by atoms with Gasteiger partial charge in [0, 0.05) is 49.3 Å². The summed E-state index contributed by atoms with van der Waals surface area (Å²) in [6.45, 7) is 0. The van der Waals surface area contributed by atoms with Gasteiger partial charge in [-0.1, -0.05) is 115 Å². The Kier molecular flexibility index (Phi) is 6.31. The largest absolute Gasteiger partial charge is 0.455 e. The van der Waals surface area contributed by atoms with Crippen molar-refractivity contribution >= 4 is 76.5 Å². The highest BCUT2D eigenvalue weighted by Crippen LogP contribution is 2.44. The fraction of sp³-hybridized carbons (Fsp3) is 0.